The first-order valence-electron chi connectivity index (χ1n) is 8.68. The normalized spacial score (nSPS) is 16.8. The number of rotatable bonds is 4. The molecule has 124 valence electrons. The number of hydrogen-bond donors (Lipinski definition) is 1. The number of aliphatic hydroxyl groups excluding tert-OH is 1. The van der Waals surface area contributed by atoms with E-state index in [0.29, 0.717) is 0 Å². The highest BCUT2D eigenvalue weighted by atomic mass is 16.3. The van der Waals surface area contributed by atoms with Gasteiger partial charge in [-0.25, -0.2) is 0 Å². The van der Waals surface area contributed by atoms with Crippen LogP contribution in [0.2, 0.25) is 0 Å². The second kappa shape index (κ2) is 6.38. The van der Waals surface area contributed by atoms with Crippen LogP contribution >= 0.6 is 0 Å². The van der Waals surface area contributed by atoms with Crippen molar-refractivity contribution in [1.82, 2.24) is 14.3 Å². The lowest BCUT2D eigenvalue weighted by Crippen LogP contribution is -2.18. The van der Waals surface area contributed by atoms with Crippen LogP contribution in [0, 0.1) is 0 Å². The van der Waals surface area contributed by atoms with Crippen LogP contribution in [0.25, 0.3) is 16.9 Å². The number of fused-ring (bicyclic) bond motifs is 1. The van der Waals surface area contributed by atoms with E-state index in [2.05, 4.69) is 27.5 Å². The summed E-state index contributed by atoms with van der Waals surface area (Å²) in [5, 5.41) is 10.2. The van der Waals surface area contributed by atoms with Crippen molar-refractivity contribution < 1.29 is 5.11 Å². The van der Waals surface area contributed by atoms with Gasteiger partial charge in [0.05, 0.1) is 17.5 Å². The Morgan fingerprint density at radius 3 is 2.71 bits per heavy atom. The lowest BCUT2D eigenvalue weighted by molar-refractivity contribution is 0.200. The minimum Gasteiger partial charge on any atom is -0.389 e. The second-order valence-electron chi connectivity index (χ2n) is 6.65. The molecule has 4 rings (SSSR count). The van der Waals surface area contributed by atoms with E-state index in [1.54, 1.807) is 6.92 Å². The van der Waals surface area contributed by atoms with Gasteiger partial charge in [-0.05, 0) is 62.7 Å². The fraction of sp³-hybridized carbons (Fsp3) is 0.350. The molecule has 3 aromatic rings. The maximum Gasteiger partial charge on any atom is 0.0874 e. The van der Waals surface area contributed by atoms with Crippen LogP contribution < -0.4 is 0 Å². The number of aliphatic hydroxyl groups is 1. The lowest BCUT2D eigenvalue weighted by atomic mass is 10.1. The van der Waals surface area contributed by atoms with Crippen molar-refractivity contribution in [2.24, 2.45) is 0 Å². The summed E-state index contributed by atoms with van der Waals surface area (Å²) in [7, 11) is 0. The first-order chi connectivity index (χ1) is 11.7. The van der Waals surface area contributed by atoms with Crippen LogP contribution in [0.5, 0.6) is 0 Å². The molecule has 1 aliphatic rings. The maximum atomic E-state index is 10.2. The minimum absolute atomic E-state index is 0.522. The molecule has 24 heavy (non-hydrogen) atoms. The molecule has 0 spiro atoms. The molecule has 4 nitrogen and oxygen atoms in total. The third-order valence-electron chi connectivity index (χ3n) is 4.83. The molecule has 0 bridgehead atoms. The zero-order valence-electron chi connectivity index (χ0n) is 14.0. The van der Waals surface area contributed by atoms with E-state index >= 15 is 0 Å². The molecule has 0 saturated carbocycles. The van der Waals surface area contributed by atoms with Crippen LogP contribution in [0.4, 0.5) is 0 Å². The summed E-state index contributed by atoms with van der Waals surface area (Å²) >= 11 is 0. The van der Waals surface area contributed by atoms with Gasteiger partial charge >= 0.3 is 0 Å². The Morgan fingerprint density at radius 1 is 1.17 bits per heavy atom. The molecule has 3 aromatic heterocycles. The minimum atomic E-state index is -0.522. The van der Waals surface area contributed by atoms with Gasteiger partial charge in [0.15, 0.2) is 0 Å². The third kappa shape index (κ3) is 2.83. The Morgan fingerprint density at radius 2 is 2.00 bits per heavy atom. The van der Waals surface area contributed by atoms with Crippen LogP contribution in [-0.2, 0) is 6.54 Å². The Kier molecular flexibility index (Phi) is 4.08. The van der Waals surface area contributed by atoms with Gasteiger partial charge in [0.2, 0.25) is 0 Å². The summed E-state index contributed by atoms with van der Waals surface area (Å²) in [5.74, 6) is 0. The van der Waals surface area contributed by atoms with E-state index < -0.39 is 6.10 Å². The van der Waals surface area contributed by atoms with Crippen molar-refractivity contribution in [1.29, 1.82) is 0 Å². The molecule has 1 saturated heterocycles. The summed E-state index contributed by atoms with van der Waals surface area (Å²) in [6, 6.07) is 12.3. The van der Waals surface area contributed by atoms with E-state index in [1.807, 2.05) is 30.6 Å². The molecule has 0 amide bonds. The van der Waals surface area contributed by atoms with E-state index in [9.17, 15) is 5.11 Å². The standard InChI is InChI=1S/C20H23N3O/c1-15(24)18-12-17-6-2-3-11-23(17)20(18)19-8-7-16(13-21-19)14-22-9-4-5-10-22/h2-3,6-8,11-13,15,24H,4-5,9-10,14H2,1H3. The second-order valence-corrected chi connectivity index (χ2v) is 6.65. The Labute approximate surface area is 142 Å². The van der Waals surface area contributed by atoms with Gasteiger partial charge in [-0.15, -0.1) is 0 Å². The molecule has 1 N–H and O–H groups in total. The van der Waals surface area contributed by atoms with Gasteiger partial charge in [0, 0.05) is 30.0 Å². The molecular weight excluding hydrogens is 298 g/mol. The van der Waals surface area contributed by atoms with Gasteiger partial charge in [-0.1, -0.05) is 12.1 Å². The fourth-order valence-corrected chi connectivity index (χ4v) is 3.59. The molecule has 0 aliphatic carbocycles. The molecule has 0 aromatic carbocycles. The SMILES string of the molecule is CC(O)c1cc2ccccn2c1-c1ccc(CN2CCCC2)cn1. The Hall–Kier alpha value is -2.17. The highest BCUT2D eigenvalue weighted by Gasteiger charge is 2.17. The van der Waals surface area contributed by atoms with E-state index in [0.717, 1.165) is 29.0 Å². The first-order valence-corrected chi connectivity index (χ1v) is 8.68. The van der Waals surface area contributed by atoms with Gasteiger partial charge in [-0.3, -0.25) is 9.88 Å². The summed E-state index contributed by atoms with van der Waals surface area (Å²) in [5.41, 5.74) is 5.13. The van der Waals surface area contributed by atoms with E-state index in [1.165, 1.54) is 31.5 Å². The number of hydrogen-bond acceptors (Lipinski definition) is 3. The van der Waals surface area contributed by atoms with Crippen molar-refractivity contribution in [2.45, 2.75) is 32.4 Å². The fourth-order valence-electron chi connectivity index (χ4n) is 3.59. The maximum absolute atomic E-state index is 10.2. The Balaban J connectivity index is 1.70. The van der Waals surface area contributed by atoms with Crippen molar-refractivity contribution in [2.75, 3.05) is 13.1 Å². The van der Waals surface area contributed by atoms with Gasteiger partial charge < -0.3 is 9.51 Å². The smallest absolute Gasteiger partial charge is 0.0874 e. The first kappa shape index (κ1) is 15.4. The van der Waals surface area contributed by atoms with Crippen LogP contribution in [0.15, 0.2) is 48.8 Å². The van der Waals surface area contributed by atoms with Crippen molar-refractivity contribution in [3.05, 3.63) is 59.9 Å². The molecule has 1 aliphatic heterocycles. The lowest BCUT2D eigenvalue weighted by Gasteiger charge is -2.14. The van der Waals surface area contributed by atoms with Crippen molar-refractivity contribution >= 4 is 5.52 Å². The zero-order valence-corrected chi connectivity index (χ0v) is 14.0. The number of likely N-dealkylation sites (tertiary alicyclic amines) is 1. The number of nitrogens with zero attached hydrogens (tertiary/aromatic N) is 3. The average Bonchev–Trinajstić information content (AvgIpc) is 3.23. The zero-order chi connectivity index (χ0) is 16.5. The average molecular weight is 321 g/mol. The largest absolute Gasteiger partial charge is 0.389 e. The van der Waals surface area contributed by atoms with E-state index in [4.69, 9.17) is 4.98 Å². The summed E-state index contributed by atoms with van der Waals surface area (Å²) < 4.78 is 2.10. The van der Waals surface area contributed by atoms with Gasteiger partial charge in [-0.2, -0.15) is 0 Å². The monoisotopic (exact) mass is 321 g/mol. The predicted molar refractivity (Wildman–Crippen MR) is 95.8 cm³/mol. The van der Waals surface area contributed by atoms with Gasteiger partial charge in [0.1, 0.15) is 0 Å². The van der Waals surface area contributed by atoms with Crippen LogP contribution in [0.3, 0.4) is 0 Å². The molecule has 4 heteroatoms. The molecule has 1 unspecified atom stereocenters. The molecule has 1 fully saturated rings. The molecule has 4 heterocycles. The summed E-state index contributed by atoms with van der Waals surface area (Å²) in [6.07, 6.45) is 6.09. The highest BCUT2D eigenvalue weighted by Crippen LogP contribution is 2.30. The topological polar surface area (TPSA) is 40.8 Å². The number of aromatic nitrogens is 2. The number of pyridine rings is 2. The van der Waals surface area contributed by atoms with Crippen LogP contribution in [-0.4, -0.2) is 32.5 Å². The van der Waals surface area contributed by atoms with E-state index in [-0.39, 0.29) is 0 Å². The molecular formula is C20H23N3O. The summed E-state index contributed by atoms with van der Waals surface area (Å²) in [6.45, 7) is 5.17. The molecule has 0 radical (unpaired) electrons. The van der Waals surface area contributed by atoms with Crippen LogP contribution in [0.1, 0.15) is 37.0 Å². The van der Waals surface area contributed by atoms with Crippen molar-refractivity contribution in [3.63, 3.8) is 0 Å². The highest BCUT2D eigenvalue weighted by molar-refractivity contribution is 5.69. The van der Waals surface area contributed by atoms with Crippen molar-refractivity contribution in [3.8, 4) is 11.4 Å². The Bertz CT molecular complexity index is 830. The summed E-state index contributed by atoms with van der Waals surface area (Å²) in [4.78, 5) is 7.17. The molecule has 1 atom stereocenters. The van der Waals surface area contributed by atoms with Gasteiger partial charge in [0.25, 0.3) is 0 Å². The predicted octanol–water partition coefficient (Wildman–Crippen LogP) is 3.65. The quantitative estimate of drug-likeness (QED) is 0.797. The third-order valence-corrected chi connectivity index (χ3v) is 4.83.